The van der Waals surface area contributed by atoms with E-state index >= 15 is 0 Å². The summed E-state index contributed by atoms with van der Waals surface area (Å²) in [5.41, 5.74) is 1.29. The van der Waals surface area contributed by atoms with Gasteiger partial charge in [0.25, 0.3) is 5.91 Å². The van der Waals surface area contributed by atoms with Crippen molar-refractivity contribution in [2.24, 2.45) is 5.92 Å². The van der Waals surface area contributed by atoms with Gasteiger partial charge in [0.1, 0.15) is 0 Å². The Morgan fingerprint density at radius 2 is 2.00 bits per heavy atom. The van der Waals surface area contributed by atoms with Crippen LogP contribution in [0.15, 0.2) is 52.3 Å². The molecule has 5 rings (SSSR count). The van der Waals surface area contributed by atoms with Crippen LogP contribution in [-0.4, -0.2) is 62.2 Å². The quantitative estimate of drug-likeness (QED) is 0.377. The van der Waals surface area contributed by atoms with Crippen molar-refractivity contribution >= 4 is 54.4 Å². The highest BCUT2D eigenvalue weighted by molar-refractivity contribution is 7.98. The number of aromatic nitrogens is 1. The van der Waals surface area contributed by atoms with Crippen molar-refractivity contribution in [2.75, 3.05) is 37.4 Å². The molecule has 2 atom stereocenters. The molecule has 0 N–H and O–H groups in total. The number of nitrogens with zero attached hydrogens (tertiary/aromatic N) is 3. The van der Waals surface area contributed by atoms with Gasteiger partial charge in [0.05, 0.1) is 27.8 Å². The molecule has 7 nitrogen and oxygen atoms in total. The second-order valence-corrected chi connectivity index (χ2v) is 13.3. The Kier molecular flexibility index (Phi) is 7.69. The summed E-state index contributed by atoms with van der Waals surface area (Å²) in [5.74, 6) is 0.145. The number of fused-ring (bicyclic) bond motifs is 1. The third-order valence-corrected chi connectivity index (χ3v) is 10.5. The van der Waals surface area contributed by atoms with Crippen LogP contribution in [-0.2, 0) is 14.8 Å². The van der Waals surface area contributed by atoms with Gasteiger partial charge in [-0.2, -0.15) is 4.31 Å². The van der Waals surface area contributed by atoms with Gasteiger partial charge in [-0.25, -0.2) is 13.4 Å². The van der Waals surface area contributed by atoms with Gasteiger partial charge in [0, 0.05) is 30.2 Å². The second-order valence-electron chi connectivity index (χ2n) is 9.52. The normalized spacial score (nSPS) is 21.2. The summed E-state index contributed by atoms with van der Waals surface area (Å²) in [4.78, 5) is 21.5. The average molecular weight is 546 g/mol. The minimum absolute atomic E-state index is 0.0385. The lowest BCUT2D eigenvalue weighted by Crippen LogP contribution is -2.39. The van der Waals surface area contributed by atoms with Crippen molar-refractivity contribution in [2.45, 2.75) is 48.5 Å². The fourth-order valence-electron chi connectivity index (χ4n) is 4.81. The lowest BCUT2D eigenvalue weighted by atomic mass is 10.0. The molecule has 192 valence electrons. The van der Waals surface area contributed by atoms with E-state index < -0.39 is 10.0 Å². The summed E-state index contributed by atoms with van der Waals surface area (Å²) in [6, 6.07) is 12.4. The molecule has 2 unspecified atom stereocenters. The molecule has 1 amide bonds. The third-order valence-electron chi connectivity index (χ3n) is 6.83. The Hall–Kier alpha value is -1.98. The Bertz CT molecular complexity index is 1330. The first-order valence-electron chi connectivity index (χ1n) is 12.3. The molecule has 2 aliphatic rings. The molecule has 10 heteroatoms. The van der Waals surface area contributed by atoms with E-state index in [2.05, 4.69) is 13.0 Å². The van der Waals surface area contributed by atoms with Crippen molar-refractivity contribution in [3.8, 4) is 0 Å². The number of rotatable bonds is 7. The maximum atomic E-state index is 13.7. The number of piperidine rings is 1. The number of benzene rings is 2. The summed E-state index contributed by atoms with van der Waals surface area (Å²) in [7, 11) is -3.58. The summed E-state index contributed by atoms with van der Waals surface area (Å²) >= 11 is 3.16. The zero-order valence-corrected chi connectivity index (χ0v) is 23.0. The topological polar surface area (TPSA) is 79.8 Å². The van der Waals surface area contributed by atoms with Gasteiger partial charge in [0.15, 0.2) is 5.13 Å². The number of thioether (sulfide) groups is 1. The van der Waals surface area contributed by atoms with Crippen LogP contribution in [0.1, 0.15) is 43.0 Å². The largest absolute Gasteiger partial charge is 0.376 e. The number of hydrogen-bond donors (Lipinski definition) is 0. The van der Waals surface area contributed by atoms with Crippen LogP contribution < -0.4 is 4.90 Å². The predicted molar refractivity (Wildman–Crippen MR) is 146 cm³/mol. The first-order chi connectivity index (χ1) is 17.3. The van der Waals surface area contributed by atoms with Crippen LogP contribution in [0, 0.1) is 5.92 Å². The molecular formula is C26H31N3O4S3. The molecule has 0 spiro atoms. The molecule has 2 aromatic carbocycles. The molecule has 2 aliphatic heterocycles. The van der Waals surface area contributed by atoms with Crippen molar-refractivity contribution in [3.05, 3.63) is 48.0 Å². The predicted octanol–water partition coefficient (Wildman–Crippen LogP) is 5.26. The minimum atomic E-state index is -3.58. The maximum Gasteiger partial charge on any atom is 0.260 e. The molecule has 2 saturated heterocycles. The van der Waals surface area contributed by atoms with Crippen LogP contribution in [0.3, 0.4) is 0 Å². The highest BCUT2D eigenvalue weighted by Crippen LogP contribution is 2.33. The Labute approximate surface area is 220 Å². The van der Waals surface area contributed by atoms with Gasteiger partial charge in [0.2, 0.25) is 10.0 Å². The van der Waals surface area contributed by atoms with Crippen LogP contribution >= 0.6 is 23.1 Å². The SMILES string of the molecule is CSc1ccc2nc(N(CC3CCCO3)C(=O)c3ccc(S(=O)(=O)N4CCCC(C)C4)cc3)sc2c1. The van der Waals surface area contributed by atoms with Crippen molar-refractivity contribution in [1.29, 1.82) is 0 Å². The number of hydrogen-bond acceptors (Lipinski definition) is 7. The number of carbonyl (C=O) groups excluding carboxylic acids is 1. The average Bonchev–Trinajstić information content (AvgIpc) is 3.56. The van der Waals surface area contributed by atoms with Gasteiger partial charge < -0.3 is 4.74 Å². The maximum absolute atomic E-state index is 13.7. The van der Waals surface area contributed by atoms with E-state index in [1.54, 1.807) is 45.2 Å². The van der Waals surface area contributed by atoms with Crippen LogP contribution in [0.2, 0.25) is 0 Å². The summed E-state index contributed by atoms with van der Waals surface area (Å²) in [6.45, 7) is 4.27. The number of amides is 1. The van der Waals surface area contributed by atoms with Crippen molar-refractivity contribution in [3.63, 3.8) is 0 Å². The fourth-order valence-corrected chi connectivity index (χ4v) is 7.94. The minimum Gasteiger partial charge on any atom is -0.376 e. The molecule has 36 heavy (non-hydrogen) atoms. The molecule has 3 aromatic rings. The van der Waals surface area contributed by atoms with Gasteiger partial charge >= 0.3 is 0 Å². The van der Waals surface area contributed by atoms with E-state index in [0.717, 1.165) is 40.8 Å². The first-order valence-corrected chi connectivity index (χ1v) is 15.8. The molecular weight excluding hydrogens is 515 g/mol. The molecule has 0 aliphatic carbocycles. The molecule has 0 bridgehead atoms. The second kappa shape index (κ2) is 10.8. The van der Waals surface area contributed by atoms with E-state index in [1.807, 2.05) is 18.4 Å². The summed E-state index contributed by atoms with van der Waals surface area (Å²) in [5, 5.41) is 0.628. The molecule has 1 aromatic heterocycles. The zero-order valence-electron chi connectivity index (χ0n) is 20.6. The van der Waals surface area contributed by atoms with Gasteiger partial charge in [-0.3, -0.25) is 9.69 Å². The third kappa shape index (κ3) is 5.33. The van der Waals surface area contributed by atoms with Crippen LogP contribution in [0.25, 0.3) is 10.2 Å². The zero-order chi connectivity index (χ0) is 25.3. The standard InChI is InChI=1S/C26H31N3O4S3/c1-18-5-3-13-28(16-18)36(31,32)22-10-7-19(8-11-22)25(30)29(17-20-6-4-14-33-20)26-27-23-12-9-21(34-2)15-24(23)35-26/h7-12,15,18,20H,3-6,13-14,16-17H2,1-2H3. The monoisotopic (exact) mass is 545 g/mol. The van der Waals surface area contributed by atoms with E-state index in [4.69, 9.17) is 9.72 Å². The lowest BCUT2D eigenvalue weighted by Gasteiger charge is -2.30. The van der Waals surface area contributed by atoms with Crippen molar-refractivity contribution < 1.29 is 17.9 Å². The molecule has 0 radical (unpaired) electrons. The lowest BCUT2D eigenvalue weighted by molar-refractivity contribution is 0.0917. The Balaban J connectivity index is 1.42. The smallest absolute Gasteiger partial charge is 0.260 e. The highest BCUT2D eigenvalue weighted by atomic mass is 32.2. The van der Waals surface area contributed by atoms with E-state index in [9.17, 15) is 13.2 Å². The van der Waals surface area contributed by atoms with E-state index in [-0.39, 0.29) is 16.9 Å². The van der Waals surface area contributed by atoms with E-state index in [1.165, 1.54) is 11.3 Å². The van der Waals surface area contributed by atoms with E-state index in [0.29, 0.717) is 42.9 Å². The summed E-state index contributed by atoms with van der Waals surface area (Å²) < 4.78 is 34.7. The highest BCUT2D eigenvalue weighted by Gasteiger charge is 2.30. The van der Waals surface area contributed by atoms with Crippen LogP contribution in [0.4, 0.5) is 5.13 Å². The fraction of sp³-hybridized carbons (Fsp3) is 0.462. The van der Waals surface area contributed by atoms with Crippen LogP contribution in [0.5, 0.6) is 0 Å². The summed E-state index contributed by atoms with van der Waals surface area (Å²) in [6.07, 6.45) is 5.79. The van der Waals surface area contributed by atoms with Gasteiger partial charge in [-0.15, -0.1) is 11.8 Å². The number of sulfonamides is 1. The van der Waals surface area contributed by atoms with Gasteiger partial charge in [-0.05, 0) is 80.3 Å². The number of carbonyl (C=O) groups is 1. The number of ether oxygens (including phenoxy) is 1. The number of thiazole rings is 1. The first kappa shape index (κ1) is 25.7. The Morgan fingerprint density at radius 1 is 1.19 bits per heavy atom. The van der Waals surface area contributed by atoms with Gasteiger partial charge in [-0.1, -0.05) is 18.3 Å². The number of anilines is 1. The molecule has 0 saturated carbocycles. The molecule has 3 heterocycles. The van der Waals surface area contributed by atoms with Crippen molar-refractivity contribution in [1.82, 2.24) is 9.29 Å². The Morgan fingerprint density at radius 3 is 2.69 bits per heavy atom. The molecule has 2 fully saturated rings.